The quantitative estimate of drug-likeness (QED) is 0.877. The van der Waals surface area contributed by atoms with E-state index in [0.717, 1.165) is 42.8 Å². The van der Waals surface area contributed by atoms with E-state index < -0.39 is 5.60 Å². The Bertz CT molecular complexity index is 464. The molecule has 1 aromatic rings. The van der Waals surface area contributed by atoms with Crippen LogP contribution in [0.1, 0.15) is 54.1 Å². The fourth-order valence-corrected chi connectivity index (χ4v) is 3.81. The number of carbonyl (C=O) groups excluding carboxylic acids is 1. The van der Waals surface area contributed by atoms with Crippen LogP contribution in [0.3, 0.4) is 0 Å². The molecule has 2 rings (SSSR count). The van der Waals surface area contributed by atoms with Crippen LogP contribution in [0.2, 0.25) is 0 Å². The molecule has 5 heteroatoms. The topological polar surface area (TPSA) is 62.2 Å². The number of aliphatic hydroxyl groups is 1. The predicted molar refractivity (Wildman–Crippen MR) is 81.0 cm³/mol. The molecule has 1 saturated carbocycles. The van der Waals surface area contributed by atoms with Crippen LogP contribution in [0.15, 0.2) is 0 Å². The number of aryl methyl sites for hydroxylation is 2. The van der Waals surface area contributed by atoms with Gasteiger partial charge < -0.3 is 10.4 Å². The second-order valence-corrected chi connectivity index (χ2v) is 7.09. The third-order valence-corrected chi connectivity index (χ3v) is 5.08. The van der Waals surface area contributed by atoms with Gasteiger partial charge in [0.05, 0.1) is 22.7 Å². The fraction of sp³-hybridized carbons (Fsp3) is 0.733. The largest absolute Gasteiger partial charge is 0.389 e. The Morgan fingerprint density at radius 3 is 2.65 bits per heavy atom. The van der Waals surface area contributed by atoms with E-state index in [1.54, 1.807) is 11.3 Å². The van der Waals surface area contributed by atoms with E-state index in [4.69, 9.17) is 0 Å². The summed E-state index contributed by atoms with van der Waals surface area (Å²) in [6.07, 6.45) is 5.82. The average Bonchev–Trinajstić information content (AvgIpc) is 2.68. The van der Waals surface area contributed by atoms with Gasteiger partial charge in [0.1, 0.15) is 0 Å². The van der Waals surface area contributed by atoms with Crippen LogP contribution in [0, 0.1) is 13.8 Å². The first kappa shape index (κ1) is 15.4. The lowest BCUT2D eigenvalue weighted by atomic mass is 9.82. The summed E-state index contributed by atoms with van der Waals surface area (Å²) >= 11 is 1.69. The summed E-state index contributed by atoms with van der Waals surface area (Å²) < 4.78 is 0. The smallest absolute Gasteiger partial charge is 0.222 e. The van der Waals surface area contributed by atoms with Gasteiger partial charge >= 0.3 is 0 Å². The zero-order valence-electron chi connectivity index (χ0n) is 12.4. The van der Waals surface area contributed by atoms with Gasteiger partial charge in [-0.25, -0.2) is 4.98 Å². The first-order valence-corrected chi connectivity index (χ1v) is 8.22. The van der Waals surface area contributed by atoms with Gasteiger partial charge in [-0.2, -0.15) is 0 Å². The van der Waals surface area contributed by atoms with Crippen molar-refractivity contribution in [3.8, 4) is 0 Å². The molecule has 0 spiro atoms. The van der Waals surface area contributed by atoms with Gasteiger partial charge in [-0.1, -0.05) is 19.3 Å². The van der Waals surface area contributed by atoms with Crippen LogP contribution in [0.4, 0.5) is 0 Å². The first-order chi connectivity index (χ1) is 9.48. The standard InChI is InChI=1S/C15H24N2O2S/c1-11-13(20-12(2)17-11)6-9-16-14(18)10-15(19)7-4-3-5-8-15/h19H,3-10H2,1-2H3,(H,16,18). The highest BCUT2D eigenvalue weighted by Crippen LogP contribution is 2.30. The van der Waals surface area contributed by atoms with Gasteiger partial charge in [0.25, 0.3) is 0 Å². The number of aromatic nitrogens is 1. The van der Waals surface area contributed by atoms with Crippen molar-refractivity contribution in [1.82, 2.24) is 10.3 Å². The lowest BCUT2D eigenvalue weighted by molar-refractivity contribution is -0.127. The van der Waals surface area contributed by atoms with Crippen molar-refractivity contribution in [3.63, 3.8) is 0 Å². The maximum atomic E-state index is 11.9. The lowest BCUT2D eigenvalue weighted by Crippen LogP contribution is -2.38. The summed E-state index contributed by atoms with van der Waals surface area (Å²) in [6.45, 7) is 4.63. The van der Waals surface area contributed by atoms with Crippen molar-refractivity contribution >= 4 is 17.2 Å². The Labute approximate surface area is 124 Å². The van der Waals surface area contributed by atoms with Gasteiger partial charge in [-0.15, -0.1) is 11.3 Å². The van der Waals surface area contributed by atoms with E-state index in [1.165, 1.54) is 11.3 Å². The minimum Gasteiger partial charge on any atom is -0.389 e. The number of nitrogens with zero attached hydrogens (tertiary/aromatic N) is 1. The van der Waals surface area contributed by atoms with Gasteiger partial charge in [0.2, 0.25) is 5.91 Å². The van der Waals surface area contributed by atoms with E-state index >= 15 is 0 Å². The van der Waals surface area contributed by atoms with Crippen molar-refractivity contribution in [3.05, 3.63) is 15.6 Å². The molecule has 1 amide bonds. The Kier molecular flexibility index (Phi) is 5.16. The highest BCUT2D eigenvalue weighted by atomic mass is 32.1. The molecular weight excluding hydrogens is 272 g/mol. The number of thiazole rings is 1. The fourth-order valence-electron chi connectivity index (χ4n) is 2.87. The zero-order valence-corrected chi connectivity index (χ0v) is 13.2. The van der Waals surface area contributed by atoms with Crippen LogP contribution in [-0.2, 0) is 11.2 Å². The van der Waals surface area contributed by atoms with Crippen LogP contribution < -0.4 is 5.32 Å². The maximum absolute atomic E-state index is 11.9. The molecular formula is C15H24N2O2S. The predicted octanol–water partition coefficient (Wildman–Crippen LogP) is 2.50. The number of hydrogen-bond acceptors (Lipinski definition) is 4. The molecule has 1 heterocycles. The summed E-state index contributed by atoms with van der Waals surface area (Å²) in [5.74, 6) is -0.0340. The molecule has 0 saturated heterocycles. The van der Waals surface area contributed by atoms with Crippen LogP contribution >= 0.6 is 11.3 Å². The molecule has 1 aliphatic rings. The van der Waals surface area contributed by atoms with E-state index in [0.29, 0.717) is 6.54 Å². The molecule has 1 aromatic heterocycles. The lowest BCUT2D eigenvalue weighted by Gasteiger charge is -2.31. The van der Waals surface area contributed by atoms with Gasteiger partial charge in [-0.3, -0.25) is 4.79 Å². The minimum absolute atomic E-state index is 0.0340. The van der Waals surface area contributed by atoms with Crippen LogP contribution in [0.25, 0.3) is 0 Å². The summed E-state index contributed by atoms with van der Waals surface area (Å²) in [5, 5.41) is 14.3. The van der Waals surface area contributed by atoms with Crippen molar-refractivity contribution in [2.45, 2.75) is 64.4 Å². The van der Waals surface area contributed by atoms with Crippen molar-refractivity contribution in [2.75, 3.05) is 6.54 Å². The van der Waals surface area contributed by atoms with Gasteiger partial charge in [-0.05, 0) is 26.7 Å². The van der Waals surface area contributed by atoms with Crippen LogP contribution in [0.5, 0.6) is 0 Å². The Morgan fingerprint density at radius 2 is 2.05 bits per heavy atom. The monoisotopic (exact) mass is 296 g/mol. The molecule has 0 unspecified atom stereocenters. The Balaban J connectivity index is 1.73. The van der Waals surface area contributed by atoms with E-state index in [9.17, 15) is 9.90 Å². The molecule has 0 aliphatic heterocycles. The molecule has 0 atom stereocenters. The zero-order chi connectivity index (χ0) is 14.6. The summed E-state index contributed by atoms with van der Waals surface area (Å²) in [7, 11) is 0. The number of nitrogens with one attached hydrogen (secondary N) is 1. The highest BCUT2D eigenvalue weighted by Gasteiger charge is 2.31. The van der Waals surface area contributed by atoms with Crippen LogP contribution in [-0.4, -0.2) is 28.1 Å². The summed E-state index contributed by atoms with van der Waals surface area (Å²) in [4.78, 5) is 17.5. The molecule has 1 fully saturated rings. The van der Waals surface area contributed by atoms with Crippen molar-refractivity contribution < 1.29 is 9.90 Å². The molecule has 112 valence electrons. The normalized spacial score (nSPS) is 17.9. The molecule has 4 nitrogen and oxygen atoms in total. The summed E-state index contributed by atoms with van der Waals surface area (Å²) in [5.41, 5.74) is 0.298. The van der Waals surface area contributed by atoms with Crippen molar-refractivity contribution in [1.29, 1.82) is 0 Å². The number of amides is 1. The third-order valence-electron chi connectivity index (χ3n) is 3.95. The maximum Gasteiger partial charge on any atom is 0.222 e. The SMILES string of the molecule is Cc1nc(C)c(CCNC(=O)CC2(O)CCCCC2)s1. The van der Waals surface area contributed by atoms with E-state index in [1.807, 2.05) is 13.8 Å². The number of rotatable bonds is 5. The molecule has 2 N–H and O–H groups in total. The molecule has 20 heavy (non-hydrogen) atoms. The number of hydrogen-bond donors (Lipinski definition) is 2. The van der Waals surface area contributed by atoms with Crippen molar-refractivity contribution in [2.24, 2.45) is 0 Å². The molecule has 0 bridgehead atoms. The molecule has 0 aromatic carbocycles. The average molecular weight is 296 g/mol. The second kappa shape index (κ2) is 6.68. The minimum atomic E-state index is -0.765. The molecule has 1 aliphatic carbocycles. The second-order valence-electron chi connectivity index (χ2n) is 5.80. The Hall–Kier alpha value is -0.940. The highest BCUT2D eigenvalue weighted by molar-refractivity contribution is 7.11. The third kappa shape index (κ3) is 4.28. The first-order valence-electron chi connectivity index (χ1n) is 7.40. The Morgan fingerprint density at radius 1 is 1.35 bits per heavy atom. The number of carbonyl (C=O) groups is 1. The van der Waals surface area contributed by atoms with E-state index in [-0.39, 0.29) is 12.3 Å². The summed E-state index contributed by atoms with van der Waals surface area (Å²) in [6, 6.07) is 0. The van der Waals surface area contributed by atoms with Gasteiger partial charge in [0, 0.05) is 17.8 Å². The van der Waals surface area contributed by atoms with E-state index in [2.05, 4.69) is 10.3 Å². The van der Waals surface area contributed by atoms with Gasteiger partial charge in [0.15, 0.2) is 0 Å². The molecule has 0 radical (unpaired) electrons.